The predicted octanol–water partition coefficient (Wildman–Crippen LogP) is 2.22. The first-order chi connectivity index (χ1) is 6.53. The van der Waals surface area contributed by atoms with E-state index in [1.165, 1.54) is 0 Å². The van der Waals surface area contributed by atoms with E-state index < -0.39 is 10.0 Å². The van der Waals surface area contributed by atoms with Crippen molar-refractivity contribution in [1.29, 1.82) is 0 Å². The number of hydrogen-bond donors (Lipinski definition) is 0. The number of alkyl halides is 1. The van der Waals surface area contributed by atoms with E-state index in [0.29, 0.717) is 11.9 Å². The summed E-state index contributed by atoms with van der Waals surface area (Å²) in [4.78, 5) is 0. The molecule has 0 saturated heterocycles. The van der Waals surface area contributed by atoms with Gasteiger partial charge in [0.25, 0.3) is 0 Å². The van der Waals surface area contributed by atoms with Gasteiger partial charge in [0.2, 0.25) is 10.0 Å². The zero-order valence-corrected chi connectivity index (χ0v) is 11.6. The van der Waals surface area contributed by atoms with Gasteiger partial charge in [0, 0.05) is 17.9 Å². The van der Waals surface area contributed by atoms with Gasteiger partial charge < -0.3 is 0 Å². The molecule has 0 unspecified atom stereocenters. The molecule has 0 N–H and O–H groups in total. The Balaban J connectivity index is 4.74. The van der Waals surface area contributed by atoms with Crippen LogP contribution in [0.5, 0.6) is 0 Å². The van der Waals surface area contributed by atoms with Crippen LogP contribution >= 0.6 is 15.9 Å². The minimum atomic E-state index is -3.04. The van der Waals surface area contributed by atoms with Crippen LogP contribution in [0.1, 0.15) is 33.6 Å². The molecule has 0 atom stereocenters. The molecule has 0 aliphatic heterocycles. The molecule has 0 aromatic heterocycles. The summed E-state index contributed by atoms with van der Waals surface area (Å²) in [5.74, 6) is 0.191. The van der Waals surface area contributed by atoms with Crippen molar-refractivity contribution < 1.29 is 8.42 Å². The van der Waals surface area contributed by atoms with E-state index in [1.54, 1.807) is 11.2 Å². The number of hydrogen-bond acceptors (Lipinski definition) is 2. The van der Waals surface area contributed by atoms with E-state index in [1.807, 2.05) is 13.8 Å². The van der Waals surface area contributed by atoms with E-state index in [0.717, 1.165) is 12.8 Å². The van der Waals surface area contributed by atoms with Crippen molar-refractivity contribution >= 4 is 26.0 Å². The van der Waals surface area contributed by atoms with Gasteiger partial charge in [-0.05, 0) is 19.8 Å². The Kier molecular flexibility index (Phi) is 6.99. The minimum absolute atomic E-state index is 0.150. The highest BCUT2D eigenvalue weighted by Crippen LogP contribution is 2.14. The van der Waals surface area contributed by atoms with Crippen LogP contribution in [-0.2, 0) is 10.0 Å². The van der Waals surface area contributed by atoms with Crippen molar-refractivity contribution in [2.24, 2.45) is 0 Å². The second-order valence-corrected chi connectivity index (χ2v) is 6.17. The summed E-state index contributed by atoms with van der Waals surface area (Å²) in [6, 6.07) is 0.150. The van der Waals surface area contributed by atoms with Crippen molar-refractivity contribution in [1.82, 2.24) is 4.31 Å². The number of sulfonamides is 1. The van der Waals surface area contributed by atoms with Gasteiger partial charge in [-0.3, -0.25) is 0 Å². The first-order valence-electron chi connectivity index (χ1n) is 5.08. The highest BCUT2D eigenvalue weighted by atomic mass is 79.9. The minimum Gasteiger partial charge on any atom is -0.212 e. The Labute approximate surface area is 96.0 Å². The van der Waals surface area contributed by atoms with Gasteiger partial charge >= 0.3 is 0 Å². The van der Waals surface area contributed by atoms with Crippen LogP contribution in [0.25, 0.3) is 0 Å². The van der Waals surface area contributed by atoms with Gasteiger partial charge in [0.1, 0.15) is 0 Å². The fourth-order valence-corrected chi connectivity index (χ4v) is 3.56. The molecule has 3 nitrogen and oxygen atoms in total. The Hall–Kier alpha value is 0.390. The third kappa shape index (κ3) is 3.87. The Morgan fingerprint density at radius 1 is 1.21 bits per heavy atom. The Morgan fingerprint density at radius 2 is 1.71 bits per heavy atom. The Bertz CT molecular complexity index is 237. The molecule has 0 aliphatic rings. The summed E-state index contributed by atoms with van der Waals surface area (Å²) in [6.07, 6.45) is 1.76. The zero-order chi connectivity index (χ0) is 11.2. The summed E-state index contributed by atoms with van der Waals surface area (Å²) in [5.41, 5.74) is 0. The maximum atomic E-state index is 11.8. The van der Waals surface area contributed by atoms with Gasteiger partial charge in [0.05, 0.1) is 5.75 Å². The maximum Gasteiger partial charge on any atom is 0.214 e. The fourth-order valence-electron chi connectivity index (χ4n) is 1.49. The third-order valence-corrected chi connectivity index (χ3v) is 4.66. The van der Waals surface area contributed by atoms with Crippen molar-refractivity contribution in [3.63, 3.8) is 0 Å². The monoisotopic (exact) mass is 285 g/mol. The van der Waals surface area contributed by atoms with Crippen LogP contribution in [0.2, 0.25) is 0 Å². The summed E-state index contributed by atoms with van der Waals surface area (Å²) in [6.45, 7) is 6.32. The highest BCUT2D eigenvalue weighted by molar-refractivity contribution is 9.09. The smallest absolute Gasteiger partial charge is 0.212 e. The second-order valence-electron chi connectivity index (χ2n) is 3.17. The number of halogens is 1. The molecule has 0 saturated carbocycles. The highest BCUT2D eigenvalue weighted by Gasteiger charge is 2.25. The lowest BCUT2D eigenvalue weighted by Crippen LogP contribution is -2.41. The van der Waals surface area contributed by atoms with Gasteiger partial charge in [-0.15, -0.1) is 0 Å². The van der Waals surface area contributed by atoms with E-state index in [4.69, 9.17) is 0 Å². The average Bonchev–Trinajstić information content (AvgIpc) is 2.18. The van der Waals surface area contributed by atoms with E-state index in [9.17, 15) is 8.42 Å². The number of nitrogens with zero attached hydrogens (tertiary/aromatic N) is 1. The summed E-state index contributed by atoms with van der Waals surface area (Å²) in [5, 5.41) is 0.697. The van der Waals surface area contributed by atoms with Crippen LogP contribution in [0.15, 0.2) is 0 Å². The lowest BCUT2D eigenvalue weighted by molar-refractivity contribution is 0.318. The molecule has 86 valence electrons. The van der Waals surface area contributed by atoms with Gasteiger partial charge in [-0.2, -0.15) is 4.31 Å². The summed E-state index contributed by atoms with van der Waals surface area (Å²) in [7, 11) is -3.04. The van der Waals surface area contributed by atoms with Crippen molar-refractivity contribution in [3.05, 3.63) is 0 Å². The molecule has 0 radical (unpaired) electrons. The van der Waals surface area contributed by atoms with Crippen molar-refractivity contribution in [3.8, 4) is 0 Å². The van der Waals surface area contributed by atoms with E-state index in [2.05, 4.69) is 15.9 Å². The molecular formula is C9H20BrNO2S. The van der Waals surface area contributed by atoms with E-state index >= 15 is 0 Å². The lowest BCUT2D eigenvalue weighted by atomic mass is 10.2. The molecule has 14 heavy (non-hydrogen) atoms. The SMILES string of the molecule is CCC(CC)N(CCBr)S(=O)(=O)CC. The second kappa shape index (κ2) is 6.80. The molecule has 0 spiro atoms. The van der Waals surface area contributed by atoms with Gasteiger partial charge in [-0.25, -0.2) is 8.42 Å². The molecule has 0 bridgehead atoms. The quantitative estimate of drug-likeness (QED) is 0.673. The average molecular weight is 286 g/mol. The lowest BCUT2D eigenvalue weighted by Gasteiger charge is -2.28. The molecule has 0 fully saturated rings. The van der Waals surface area contributed by atoms with Crippen LogP contribution in [0.4, 0.5) is 0 Å². The van der Waals surface area contributed by atoms with Gasteiger partial charge in [-0.1, -0.05) is 29.8 Å². The summed E-state index contributed by atoms with van der Waals surface area (Å²) < 4.78 is 25.1. The normalized spacial score (nSPS) is 12.7. The first kappa shape index (κ1) is 14.4. The van der Waals surface area contributed by atoms with Crippen LogP contribution < -0.4 is 0 Å². The molecule has 0 aliphatic carbocycles. The third-order valence-electron chi connectivity index (χ3n) is 2.38. The van der Waals surface area contributed by atoms with Crippen molar-refractivity contribution in [2.75, 3.05) is 17.6 Å². The Morgan fingerprint density at radius 3 is 2.00 bits per heavy atom. The fraction of sp³-hybridized carbons (Fsp3) is 1.00. The first-order valence-corrected chi connectivity index (χ1v) is 7.81. The molecule has 0 amide bonds. The van der Waals surface area contributed by atoms with Crippen LogP contribution in [0, 0.1) is 0 Å². The molecule has 5 heteroatoms. The standard InChI is InChI=1S/C9H20BrNO2S/c1-4-9(5-2)11(8-7-10)14(12,13)6-3/h9H,4-8H2,1-3H3. The molecule has 0 aromatic carbocycles. The zero-order valence-electron chi connectivity index (χ0n) is 9.16. The topological polar surface area (TPSA) is 37.4 Å². The molecule has 0 aromatic rings. The largest absolute Gasteiger partial charge is 0.214 e. The van der Waals surface area contributed by atoms with Crippen molar-refractivity contribution in [2.45, 2.75) is 39.7 Å². The van der Waals surface area contributed by atoms with Gasteiger partial charge in [0.15, 0.2) is 0 Å². The maximum absolute atomic E-state index is 11.8. The molecular weight excluding hydrogens is 266 g/mol. The van der Waals surface area contributed by atoms with Crippen LogP contribution in [-0.4, -0.2) is 36.4 Å². The predicted molar refractivity (Wildman–Crippen MR) is 64.3 cm³/mol. The van der Waals surface area contributed by atoms with E-state index in [-0.39, 0.29) is 11.8 Å². The van der Waals surface area contributed by atoms with Crippen LogP contribution in [0.3, 0.4) is 0 Å². The molecule has 0 heterocycles. The molecule has 0 rings (SSSR count). The number of rotatable bonds is 7. The summed E-state index contributed by atoms with van der Waals surface area (Å²) >= 11 is 3.29.